The summed E-state index contributed by atoms with van der Waals surface area (Å²) in [7, 11) is 0. The molecule has 2 fully saturated rings. The van der Waals surface area contributed by atoms with E-state index in [1.54, 1.807) is 13.8 Å². The van der Waals surface area contributed by atoms with Crippen LogP contribution < -0.4 is 0 Å². The van der Waals surface area contributed by atoms with E-state index in [1.165, 1.54) is 11.8 Å². The highest BCUT2D eigenvalue weighted by molar-refractivity contribution is 8.13. The second-order valence-corrected chi connectivity index (χ2v) is 8.26. The van der Waals surface area contributed by atoms with E-state index in [1.807, 2.05) is 0 Å². The normalized spacial score (nSPS) is 29.2. The number of hydrogen-bond acceptors (Lipinski definition) is 7. The molecule has 0 saturated carbocycles. The lowest BCUT2D eigenvalue weighted by atomic mass is 10.1. The first-order valence-electron chi connectivity index (χ1n) is 9.00. The monoisotopic (exact) mass is 403 g/mol. The highest BCUT2D eigenvalue weighted by atomic mass is 32.2. The molecule has 2 aliphatic heterocycles. The van der Waals surface area contributed by atoms with E-state index in [0.29, 0.717) is 32.7 Å². The summed E-state index contributed by atoms with van der Waals surface area (Å²) in [5.74, 6) is -0.841. The number of ether oxygens (including phenoxy) is 2. The fourth-order valence-electron chi connectivity index (χ4n) is 3.56. The molecule has 27 heavy (non-hydrogen) atoms. The molecule has 1 unspecified atom stereocenters. The molecule has 10 heteroatoms. The topological polar surface area (TPSA) is 110 Å². The molecule has 2 heterocycles. The Bertz CT molecular complexity index is 608. The minimum atomic E-state index is -1.25. The fraction of sp³-hybridized carbons (Fsp3) is 0.765. The predicted octanol–water partition coefficient (Wildman–Crippen LogP) is 1.55. The van der Waals surface area contributed by atoms with Gasteiger partial charge in [-0.1, -0.05) is 11.8 Å². The van der Waals surface area contributed by atoms with Crippen molar-refractivity contribution < 1.29 is 38.2 Å². The van der Waals surface area contributed by atoms with E-state index >= 15 is 0 Å². The van der Waals surface area contributed by atoms with Crippen molar-refractivity contribution in [1.82, 2.24) is 4.90 Å². The van der Waals surface area contributed by atoms with E-state index in [9.17, 15) is 24.3 Å². The Morgan fingerprint density at radius 2 is 1.93 bits per heavy atom. The number of imide groups is 1. The van der Waals surface area contributed by atoms with Crippen molar-refractivity contribution in [3.63, 3.8) is 0 Å². The number of amides is 3. The van der Waals surface area contributed by atoms with E-state index < -0.39 is 40.6 Å². The van der Waals surface area contributed by atoms with Crippen LogP contribution in [0.2, 0.25) is 0 Å². The smallest absolute Gasteiger partial charge is 0.440 e. The lowest BCUT2D eigenvalue weighted by Crippen LogP contribution is -2.61. The van der Waals surface area contributed by atoms with Crippen LogP contribution in [0.15, 0.2) is 0 Å². The summed E-state index contributed by atoms with van der Waals surface area (Å²) in [5, 5.41) is 9.72. The zero-order valence-corrected chi connectivity index (χ0v) is 16.7. The van der Waals surface area contributed by atoms with Gasteiger partial charge in [0.2, 0.25) is 0 Å². The maximum absolute atomic E-state index is 13.0. The summed E-state index contributed by atoms with van der Waals surface area (Å²) in [6, 6.07) is -0.526. The van der Waals surface area contributed by atoms with Crippen molar-refractivity contribution in [3.8, 4) is 0 Å². The molecule has 0 bridgehead atoms. The van der Waals surface area contributed by atoms with Crippen LogP contribution in [0.25, 0.3) is 0 Å². The molecule has 2 aliphatic rings. The van der Waals surface area contributed by atoms with Gasteiger partial charge in [0.05, 0.1) is 19.1 Å². The second-order valence-electron chi connectivity index (χ2n) is 7.07. The van der Waals surface area contributed by atoms with Crippen LogP contribution in [0.1, 0.15) is 27.2 Å². The van der Waals surface area contributed by atoms with Crippen LogP contribution in [0.5, 0.6) is 0 Å². The Morgan fingerprint density at radius 3 is 2.48 bits per heavy atom. The predicted molar refractivity (Wildman–Crippen MR) is 97.2 cm³/mol. The third-order valence-electron chi connectivity index (χ3n) is 5.08. The molecule has 152 valence electrons. The average molecular weight is 403 g/mol. The molecule has 0 radical (unpaired) electrons. The molecule has 0 aromatic rings. The molecule has 1 N–H and O–H groups in total. The molecule has 2 saturated heterocycles. The number of hydrogen-bond donors (Lipinski definition) is 1. The van der Waals surface area contributed by atoms with E-state index in [0.717, 1.165) is 11.8 Å². The van der Waals surface area contributed by atoms with Gasteiger partial charge in [-0.2, -0.15) is 9.28 Å². The van der Waals surface area contributed by atoms with Gasteiger partial charge in [-0.3, -0.25) is 4.79 Å². The van der Waals surface area contributed by atoms with Crippen molar-refractivity contribution >= 4 is 35.0 Å². The van der Waals surface area contributed by atoms with Gasteiger partial charge in [0, 0.05) is 32.2 Å². The highest BCUT2D eigenvalue weighted by Gasteiger charge is 2.58. The van der Waals surface area contributed by atoms with Gasteiger partial charge in [-0.25, -0.2) is 9.59 Å². The number of likely N-dealkylation sites (tertiary alicyclic amines) is 1. The summed E-state index contributed by atoms with van der Waals surface area (Å²) >= 11 is 1.00. The van der Waals surface area contributed by atoms with Gasteiger partial charge in [0.1, 0.15) is 12.6 Å². The number of carboxylic acid groups (broad SMARTS) is 1. The van der Waals surface area contributed by atoms with Crippen molar-refractivity contribution in [2.24, 2.45) is 5.92 Å². The number of nitrogens with zero attached hydrogens (tertiary/aromatic N) is 2. The maximum Gasteiger partial charge on any atom is 0.521 e. The number of quaternary nitrogens is 1. The first-order chi connectivity index (χ1) is 12.7. The van der Waals surface area contributed by atoms with Gasteiger partial charge in [0.25, 0.3) is 0 Å². The van der Waals surface area contributed by atoms with E-state index in [-0.39, 0.29) is 17.4 Å². The highest BCUT2D eigenvalue weighted by Crippen LogP contribution is 2.33. The number of morpholine rings is 1. The first-order valence-corrected chi connectivity index (χ1v) is 9.99. The van der Waals surface area contributed by atoms with Crippen LogP contribution >= 0.6 is 11.8 Å². The Labute approximate surface area is 162 Å². The number of thioether (sulfide) groups is 1. The SMILES string of the molecule is CC(=O)SCC(C)C(=O)[N@@+]1(C(=O)O)C[C@@H](OC(=O)N2CCOCC2)C[C@H]1C. The van der Waals surface area contributed by atoms with Crippen molar-refractivity contribution in [2.75, 3.05) is 38.6 Å². The van der Waals surface area contributed by atoms with Gasteiger partial charge in [-0.15, -0.1) is 0 Å². The molecule has 4 atom stereocenters. The number of carbonyl (C=O) groups excluding carboxylic acids is 3. The molecular weight excluding hydrogens is 376 g/mol. The average Bonchev–Trinajstić information content (AvgIpc) is 2.96. The zero-order chi connectivity index (χ0) is 20.2. The van der Waals surface area contributed by atoms with Crippen LogP contribution in [0.4, 0.5) is 9.59 Å². The summed E-state index contributed by atoms with van der Waals surface area (Å²) in [6.45, 7) is 6.35. The van der Waals surface area contributed by atoms with Gasteiger partial charge >= 0.3 is 18.1 Å². The summed E-state index contributed by atoms with van der Waals surface area (Å²) < 4.78 is 9.92. The summed E-state index contributed by atoms with van der Waals surface area (Å²) in [5.41, 5.74) is 0. The minimum Gasteiger partial charge on any atom is -0.440 e. The lowest BCUT2D eigenvalue weighted by Gasteiger charge is -2.31. The standard InChI is InChI=1S/C17H26N2O7S/c1-11(10-27-13(3)20)15(21)19(17(23)24)9-14(8-12(19)2)26-16(22)18-4-6-25-7-5-18/h11-12,14H,4-10H2,1-3H3/p+1/t11?,12-,14+,19-/m1/s1. The third-order valence-corrected chi connectivity index (χ3v) is 6.15. The van der Waals surface area contributed by atoms with E-state index in [4.69, 9.17) is 9.47 Å². The second kappa shape index (κ2) is 9.03. The third kappa shape index (κ3) is 4.80. The largest absolute Gasteiger partial charge is 0.521 e. The van der Waals surface area contributed by atoms with Gasteiger partial charge < -0.3 is 19.5 Å². The Balaban J connectivity index is 2.08. The van der Waals surface area contributed by atoms with Crippen LogP contribution in [-0.4, -0.2) is 88.4 Å². The molecule has 2 rings (SSSR count). The van der Waals surface area contributed by atoms with Crippen molar-refractivity contribution in [1.29, 1.82) is 0 Å². The fourth-order valence-corrected chi connectivity index (χ4v) is 4.19. The molecule has 9 nitrogen and oxygen atoms in total. The Morgan fingerprint density at radius 1 is 1.30 bits per heavy atom. The van der Waals surface area contributed by atoms with Gasteiger partial charge in [0.15, 0.2) is 11.2 Å². The van der Waals surface area contributed by atoms with Crippen molar-refractivity contribution in [3.05, 3.63) is 0 Å². The molecule has 0 aliphatic carbocycles. The maximum atomic E-state index is 13.0. The lowest BCUT2D eigenvalue weighted by molar-refractivity contribution is -0.795. The Kier molecular flexibility index (Phi) is 7.24. The van der Waals surface area contributed by atoms with E-state index in [2.05, 4.69) is 0 Å². The molecule has 0 aromatic carbocycles. The first kappa shape index (κ1) is 21.6. The van der Waals surface area contributed by atoms with Gasteiger partial charge in [-0.05, 0) is 13.8 Å². The van der Waals surface area contributed by atoms with Crippen LogP contribution in [0.3, 0.4) is 0 Å². The van der Waals surface area contributed by atoms with Crippen molar-refractivity contribution in [2.45, 2.75) is 39.3 Å². The molecular formula is C17H27N2O7S+. The number of rotatable bonds is 4. The Hall–Kier alpha value is -1.65. The molecule has 0 aromatic heterocycles. The molecule has 3 amide bonds. The zero-order valence-electron chi connectivity index (χ0n) is 15.9. The number of carbonyl (C=O) groups is 4. The summed E-state index contributed by atoms with van der Waals surface area (Å²) in [4.78, 5) is 50.0. The minimum absolute atomic E-state index is 0.0967. The van der Waals surface area contributed by atoms with Crippen LogP contribution in [0, 0.1) is 5.92 Å². The quantitative estimate of drug-likeness (QED) is 0.704. The van der Waals surface area contributed by atoms with Crippen LogP contribution in [-0.2, 0) is 19.1 Å². The molecule has 0 spiro atoms. The summed E-state index contributed by atoms with van der Waals surface area (Å²) in [6.07, 6.45) is -2.12.